The summed E-state index contributed by atoms with van der Waals surface area (Å²) < 4.78 is 35.2. The van der Waals surface area contributed by atoms with Gasteiger partial charge in [-0.2, -0.15) is 5.10 Å². The molecule has 0 saturated carbocycles. The van der Waals surface area contributed by atoms with Crippen molar-refractivity contribution in [3.63, 3.8) is 0 Å². The number of sulfonamides is 1. The Morgan fingerprint density at radius 2 is 1.87 bits per heavy atom. The quantitative estimate of drug-likeness (QED) is 0.365. The van der Waals surface area contributed by atoms with Crippen molar-refractivity contribution < 1.29 is 27.5 Å². The smallest absolute Gasteiger partial charge is 0.343 e. The number of nitrogens with zero attached hydrogens (tertiary/aromatic N) is 2. The number of methoxy groups -OCH3 is 1. The van der Waals surface area contributed by atoms with Gasteiger partial charge in [0.1, 0.15) is 11.8 Å². The number of carbonyl (C=O) groups excluding carboxylic acids is 2. The van der Waals surface area contributed by atoms with Gasteiger partial charge in [-0.05, 0) is 36.8 Å². The third-order valence-corrected chi connectivity index (χ3v) is 5.17. The van der Waals surface area contributed by atoms with Gasteiger partial charge in [0.2, 0.25) is 10.0 Å². The van der Waals surface area contributed by atoms with Crippen molar-refractivity contribution >= 4 is 33.8 Å². The van der Waals surface area contributed by atoms with Crippen LogP contribution in [0.15, 0.2) is 59.7 Å². The maximum atomic E-state index is 12.5. The summed E-state index contributed by atoms with van der Waals surface area (Å²) in [6.45, 7) is 1.24. The first-order valence-electron chi connectivity index (χ1n) is 8.89. The zero-order valence-corrected chi connectivity index (χ0v) is 17.6. The molecule has 0 aromatic heterocycles. The molecule has 2 aromatic rings. The number of nitrogens with one attached hydrogen (secondary N) is 1. The van der Waals surface area contributed by atoms with E-state index in [1.165, 1.54) is 20.2 Å². The second kappa shape index (κ2) is 10.4. The van der Waals surface area contributed by atoms with Crippen LogP contribution in [0.4, 0.5) is 5.69 Å². The Morgan fingerprint density at radius 1 is 1.17 bits per heavy atom. The first kappa shape index (κ1) is 22.9. The molecular formula is C20H23N3O6S. The summed E-state index contributed by atoms with van der Waals surface area (Å²) in [7, 11) is -2.43. The molecule has 0 heterocycles. The lowest BCUT2D eigenvalue weighted by molar-refractivity contribution is -0.142. The Bertz CT molecular complexity index is 1010. The molecule has 0 bridgehead atoms. The highest BCUT2D eigenvalue weighted by atomic mass is 32.2. The third-order valence-electron chi connectivity index (χ3n) is 3.93. The Kier molecular flexibility index (Phi) is 7.93. The van der Waals surface area contributed by atoms with Crippen LogP contribution < -0.4 is 14.5 Å². The number of esters is 1. The molecule has 0 unspecified atom stereocenters. The largest absolute Gasteiger partial charge is 0.482 e. The van der Waals surface area contributed by atoms with Crippen LogP contribution in [0.5, 0.6) is 5.75 Å². The minimum absolute atomic E-state index is 0.230. The van der Waals surface area contributed by atoms with Crippen molar-refractivity contribution in [1.29, 1.82) is 0 Å². The lowest BCUT2D eigenvalue weighted by Gasteiger charge is -2.27. The SMILES string of the molecule is COC(=O)COc1cccc(/C=N\NC(=O)[C@@H](C)N(c2ccccc2)S(C)(=O)=O)c1. The van der Waals surface area contributed by atoms with Crippen molar-refractivity contribution in [3.8, 4) is 5.75 Å². The van der Waals surface area contributed by atoms with E-state index in [9.17, 15) is 18.0 Å². The third kappa shape index (κ3) is 6.59. The Hall–Kier alpha value is -3.40. The number of ether oxygens (including phenoxy) is 2. The number of benzene rings is 2. The summed E-state index contributed by atoms with van der Waals surface area (Å²) >= 11 is 0. The predicted molar refractivity (Wildman–Crippen MR) is 113 cm³/mol. The highest BCUT2D eigenvalue weighted by Gasteiger charge is 2.28. The van der Waals surface area contributed by atoms with E-state index >= 15 is 0 Å². The maximum absolute atomic E-state index is 12.5. The molecule has 0 aliphatic carbocycles. The van der Waals surface area contributed by atoms with Crippen LogP contribution in [0.25, 0.3) is 0 Å². The van der Waals surface area contributed by atoms with Crippen LogP contribution >= 0.6 is 0 Å². The van der Waals surface area contributed by atoms with Gasteiger partial charge in [0, 0.05) is 0 Å². The van der Waals surface area contributed by atoms with Gasteiger partial charge in [-0.15, -0.1) is 0 Å². The average Bonchev–Trinajstić information content (AvgIpc) is 2.72. The minimum atomic E-state index is -3.69. The highest BCUT2D eigenvalue weighted by Crippen LogP contribution is 2.20. The topological polar surface area (TPSA) is 114 Å². The van der Waals surface area contributed by atoms with Crippen LogP contribution in [0.2, 0.25) is 0 Å². The van der Waals surface area contributed by atoms with Gasteiger partial charge in [0.15, 0.2) is 6.61 Å². The van der Waals surface area contributed by atoms with Gasteiger partial charge in [-0.1, -0.05) is 30.3 Å². The molecular weight excluding hydrogens is 410 g/mol. The summed E-state index contributed by atoms with van der Waals surface area (Å²) in [5, 5.41) is 3.88. The Balaban J connectivity index is 2.05. The van der Waals surface area contributed by atoms with Crippen LogP contribution in [0, 0.1) is 0 Å². The van der Waals surface area contributed by atoms with Gasteiger partial charge in [-0.3, -0.25) is 9.10 Å². The minimum Gasteiger partial charge on any atom is -0.482 e. The van der Waals surface area contributed by atoms with E-state index < -0.39 is 27.9 Å². The van der Waals surface area contributed by atoms with Gasteiger partial charge in [-0.25, -0.2) is 18.6 Å². The van der Waals surface area contributed by atoms with E-state index in [1.54, 1.807) is 54.6 Å². The fraction of sp³-hybridized carbons (Fsp3) is 0.250. The van der Waals surface area contributed by atoms with Crippen LogP contribution in [0.1, 0.15) is 12.5 Å². The number of hydrogen-bond donors (Lipinski definition) is 1. The van der Waals surface area contributed by atoms with Crippen LogP contribution in [0.3, 0.4) is 0 Å². The zero-order valence-electron chi connectivity index (χ0n) is 16.8. The zero-order chi connectivity index (χ0) is 22.1. The number of anilines is 1. The number of rotatable bonds is 9. The van der Waals surface area contributed by atoms with Gasteiger partial charge < -0.3 is 9.47 Å². The molecule has 30 heavy (non-hydrogen) atoms. The lowest BCUT2D eigenvalue weighted by atomic mass is 10.2. The normalized spacial score (nSPS) is 12.2. The van der Waals surface area contributed by atoms with Gasteiger partial charge in [0.05, 0.1) is 25.3 Å². The maximum Gasteiger partial charge on any atom is 0.343 e. The molecule has 0 spiro atoms. The molecule has 2 rings (SSSR count). The van der Waals surface area contributed by atoms with E-state index in [0.29, 0.717) is 17.0 Å². The second-order valence-electron chi connectivity index (χ2n) is 6.24. The number of carbonyl (C=O) groups is 2. The van der Waals surface area contributed by atoms with Crippen molar-refractivity contribution in [3.05, 3.63) is 60.2 Å². The van der Waals surface area contributed by atoms with Crippen molar-refractivity contribution in [2.45, 2.75) is 13.0 Å². The molecule has 0 fully saturated rings. The molecule has 0 saturated heterocycles. The van der Waals surface area contributed by atoms with E-state index in [2.05, 4.69) is 15.3 Å². The van der Waals surface area contributed by atoms with E-state index in [0.717, 1.165) is 10.6 Å². The Morgan fingerprint density at radius 3 is 2.50 bits per heavy atom. The van der Waals surface area contributed by atoms with Crippen LogP contribution in [-0.2, 0) is 24.3 Å². The van der Waals surface area contributed by atoms with Gasteiger partial charge >= 0.3 is 5.97 Å². The molecule has 2 aromatic carbocycles. The number of hydrazone groups is 1. The summed E-state index contributed by atoms with van der Waals surface area (Å²) in [6.07, 6.45) is 2.41. The number of para-hydroxylation sites is 1. The highest BCUT2D eigenvalue weighted by molar-refractivity contribution is 7.92. The molecule has 160 valence electrons. The Labute approximate surface area is 175 Å². The summed E-state index contributed by atoms with van der Waals surface area (Å²) in [4.78, 5) is 23.6. The molecule has 1 atom stereocenters. The fourth-order valence-electron chi connectivity index (χ4n) is 2.53. The molecule has 9 nitrogen and oxygen atoms in total. The van der Waals surface area contributed by atoms with Gasteiger partial charge in [0.25, 0.3) is 5.91 Å². The average molecular weight is 433 g/mol. The second-order valence-corrected chi connectivity index (χ2v) is 8.10. The molecule has 0 aliphatic rings. The first-order valence-corrected chi connectivity index (χ1v) is 10.7. The van der Waals surface area contributed by atoms with E-state index in [-0.39, 0.29) is 6.61 Å². The summed E-state index contributed by atoms with van der Waals surface area (Å²) in [5.74, 6) is -0.681. The molecule has 1 amide bonds. The predicted octanol–water partition coefficient (Wildman–Crippen LogP) is 1.54. The fourth-order valence-corrected chi connectivity index (χ4v) is 3.71. The standard InChI is InChI=1S/C20H23N3O6S/c1-15(23(30(3,26)27)17-9-5-4-6-10-17)20(25)22-21-13-16-8-7-11-18(12-16)29-14-19(24)28-2/h4-13,15H,14H2,1-3H3,(H,22,25)/b21-13-/t15-/m1/s1. The molecule has 0 radical (unpaired) electrons. The molecule has 0 aliphatic heterocycles. The number of amides is 1. The van der Waals surface area contributed by atoms with Crippen molar-refractivity contribution in [2.75, 3.05) is 24.3 Å². The number of hydrogen-bond acceptors (Lipinski definition) is 7. The first-order chi connectivity index (χ1) is 14.2. The van der Waals surface area contributed by atoms with Crippen LogP contribution in [-0.4, -0.2) is 52.5 Å². The van der Waals surface area contributed by atoms with Crippen molar-refractivity contribution in [2.24, 2.45) is 5.10 Å². The molecule has 10 heteroatoms. The molecule has 1 N–H and O–H groups in total. The summed E-state index contributed by atoms with van der Waals surface area (Å²) in [6, 6.07) is 14.0. The van der Waals surface area contributed by atoms with Crippen molar-refractivity contribution in [1.82, 2.24) is 5.43 Å². The lowest BCUT2D eigenvalue weighted by Crippen LogP contribution is -2.46. The summed E-state index contributed by atoms with van der Waals surface area (Å²) in [5.41, 5.74) is 3.32. The monoisotopic (exact) mass is 433 g/mol. The van der Waals surface area contributed by atoms with E-state index in [1.807, 2.05) is 0 Å². The van der Waals surface area contributed by atoms with E-state index in [4.69, 9.17) is 4.74 Å².